The fourth-order valence-electron chi connectivity index (χ4n) is 6.13. The SMILES string of the molecule is CC/C=C\C/C=C\C/C=C\CCCCC(=O)OC(COC(=O)CCCC/C=C\C/C=C\CC)COC(=O)CCCCCCCCCCCC/C=C\C=C/CCCCC. The van der Waals surface area contributed by atoms with Crippen molar-refractivity contribution < 1.29 is 28.6 Å². The standard InChI is InChI=1S/C52H86O6/c1-4-7-10-13-16-19-21-23-24-25-26-27-28-29-31-33-36-39-42-45-51(54)57-48-49(47-56-50(53)44-41-38-35-32-18-15-12-9-6-3)58-52(55)46-43-40-37-34-30-22-20-17-14-11-8-5-2/h8-9,11-12,16-21,23,30,32,34,49H,4-7,10,13-15,22,24-29,31,33,35-48H2,1-3H3/b11-8-,12-9-,19-16-,20-17-,23-21-,32-18-,34-30-. The zero-order chi connectivity index (χ0) is 42.3. The van der Waals surface area contributed by atoms with Gasteiger partial charge in [0.15, 0.2) is 6.10 Å². The zero-order valence-electron chi connectivity index (χ0n) is 37.5. The summed E-state index contributed by atoms with van der Waals surface area (Å²) >= 11 is 0. The topological polar surface area (TPSA) is 78.9 Å². The summed E-state index contributed by atoms with van der Waals surface area (Å²) in [7, 11) is 0. The number of hydrogen-bond donors (Lipinski definition) is 0. The van der Waals surface area contributed by atoms with E-state index in [2.05, 4.69) is 106 Å². The molecule has 0 aromatic heterocycles. The third-order valence-corrected chi connectivity index (χ3v) is 9.64. The summed E-state index contributed by atoms with van der Waals surface area (Å²) in [4.78, 5) is 37.7. The molecule has 0 heterocycles. The largest absolute Gasteiger partial charge is 0.462 e. The third-order valence-electron chi connectivity index (χ3n) is 9.64. The maximum Gasteiger partial charge on any atom is 0.306 e. The van der Waals surface area contributed by atoms with E-state index in [1.54, 1.807) is 0 Å². The number of carbonyl (C=O) groups is 3. The van der Waals surface area contributed by atoms with Crippen molar-refractivity contribution in [1.82, 2.24) is 0 Å². The lowest BCUT2D eigenvalue weighted by molar-refractivity contribution is -0.167. The predicted molar refractivity (Wildman–Crippen MR) is 247 cm³/mol. The summed E-state index contributed by atoms with van der Waals surface area (Å²) in [5.41, 5.74) is 0. The first-order valence-electron chi connectivity index (χ1n) is 23.6. The number of allylic oxidation sites excluding steroid dienone is 14. The Bertz CT molecular complexity index is 1160. The van der Waals surface area contributed by atoms with Crippen molar-refractivity contribution in [3.8, 4) is 0 Å². The molecular weight excluding hydrogens is 721 g/mol. The number of esters is 3. The normalized spacial score (nSPS) is 12.8. The highest BCUT2D eigenvalue weighted by atomic mass is 16.6. The highest BCUT2D eigenvalue weighted by Gasteiger charge is 2.19. The lowest BCUT2D eigenvalue weighted by Gasteiger charge is -2.18. The fraction of sp³-hybridized carbons (Fsp3) is 0.673. The summed E-state index contributed by atoms with van der Waals surface area (Å²) < 4.78 is 16.6. The van der Waals surface area contributed by atoms with Gasteiger partial charge >= 0.3 is 17.9 Å². The highest BCUT2D eigenvalue weighted by Crippen LogP contribution is 2.13. The van der Waals surface area contributed by atoms with E-state index in [-0.39, 0.29) is 37.5 Å². The molecule has 330 valence electrons. The fourth-order valence-corrected chi connectivity index (χ4v) is 6.13. The second kappa shape index (κ2) is 46.3. The van der Waals surface area contributed by atoms with Crippen molar-refractivity contribution in [2.45, 2.75) is 213 Å². The maximum atomic E-state index is 12.7. The average molecular weight is 807 g/mol. The van der Waals surface area contributed by atoms with Crippen LogP contribution >= 0.6 is 0 Å². The molecule has 0 radical (unpaired) electrons. The summed E-state index contributed by atoms with van der Waals surface area (Å²) in [6.45, 7) is 6.28. The second-order valence-corrected chi connectivity index (χ2v) is 15.3. The number of hydrogen-bond acceptors (Lipinski definition) is 6. The van der Waals surface area contributed by atoms with Crippen LogP contribution in [0.15, 0.2) is 85.1 Å². The molecule has 0 amide bonds. The van der Waals surface area contributed by atoms with Crippen molar-refractivity contribution in [3.63, 3.8) is 0 Å². The van der Waals surface area contributed by atoms with Crippen LogP contribution in [0.3, 0.4) is 0 Å². The van der Waals surface area contributed by atoms with Gasteiger partial charge in [-0.05, 0) is 103 Å². The van der Waals surface area contributed by atoms with Crippen molar-refractivity contribution >= 4 is 17.9 Å². The second-order valence-electron chi connectivity index (χ2n) is 15.3. The minimum absolute atomic E-state index is 0.105. The monoisotopic (exact) mass is 807 g/mol. The smallest absolute Gasteiger partial charge is 0.306 e. The van der Waals surface area contributed by atoms with E-state index in [4.69, 9.17) is 14.2 Å². The van der Waals surface area contributed by atoms with E-state index in [1.807, 2.05) is 0 Å². The Morgan fingerprint density at radius 3 is 1.19 bits per heavy atom. The molecule has 0 bridgehead atoms. The molecule has 1 atom stereocenters. The van der Waals surface area contributed by atoms with Crippen LogP contribution in [0.2, 0.25) is 0 Å². The van der Waals surface area contributed by atoms with Gasteiger partial charge in [-0.1, -0.05) is 170 Å². The van der Waals surface area contributed by atoms with Gasteiger partial charge in [-0.2, -0.15) is 0 Å². The summed E-state index contributed by atoms with van der Waals surface area (Å²) in [6.07, 6.45) is 58.7. The Kier molecular flexibility index (Phi) is 43.6. The van der Waals surface area contributed by atoms with E-state index in [1.165, 1.54) is 77.0 Å². The molecule has 0 saturated carbocycles. The van der Waals surface area contributed by atoms with Crippen molar-refractivity contribution in [2.24, 2.45) is 0 Å². The van der Waals surface area contributed by atoms with E-state index in [0.717, 1.165) is 83.5 Å². The van der Waals surface area contributed by atoms with Gasteiger partial charge in [0.05, 0.1) is 0 Å². The number of unbranched alkanes of at least 4 members (excludes halogenated alkanes) is 17. The molecule has 0 saturated heterocycles. The Hall–Kier alpha value is -3.41. The molecule has 0 fully saturated rings. The lowest BCUT2D eigenvalue weighted by atomic mass is 10.1. The minimum atomic E-state index is -0.808. The molecule has 0 aromatic rings. The maximum absolute atomic E-state index is 12.7. The van der Waals surface area contributed by atoms with Gasteiger partial charge in [0, 0.05) is 19.3 Å². The van der Waals surface area contributed by atoms with Gasteiger partial charge in [0.25, 0.3) is 0 Å². The van der Waals surface area contributed by atoms with Crippen LogP contribution in [0.25, 0.3) is 0 Å². The van der Waals surface area contributed by atoms with E-state index in [0.29, 0.717) is 19.3 Å². The molecule has 6 nitrogen and oxygen atoms in total. The van der Waals surface area contributed by atoms with Crippen LogP contribution in [-0.4, -0.2) is 37.2 Å². The zero-order valence-corrected chi connectivity index (χ0v) is 37.5. The van der Waals surface area contributed by atoms with E-state index < -0.39 is 6.10 Å². The quantitative estimate of drug-likeness (QED) is 0.0201. The van der Waals surface area contributed by atoms with Crippen LogP contribution in [0.4, 0.5) is 0 Å². The van der Waals surface area contributed by atoms with Gasteiger partial charge in [0.2, 0.25) is 0 Å². The third kappa shape index (κ3) is 43.7. The molecule has 0 spiro atoms. The van der Waals surface area contributed by atoms with Crippen LogP contribution in [0, 0.1) is 0 Å². The van der Waals surface area contributed by atoms with Crippen LogP contribution in [-0.2, 0) is 28.6 Å². The van der Waals surface area contributed by atoms with Crippen molar-refractivity contribution in [1.29, 1.82) is 0 Å². The molecule has 58 heavy (non-hydrogen) atoms. The van der Waals surface area contributed by atoms with Crippen LogP contribution in [0.5, 0.6) is 0 Å². The van der Waals surface area contributed by atoms with E-state index >= 15 is 0 Å². The number of ether oxygens (including phenoxy) is 3. The predicted octanol–water partition coefficient (Wildman–Crippen LogP) is 15.3. The summed E-state index contributed by atoms with van der Waals surface area (Å²) in [5, 5.41) is 0. The van der Waals surface area contributed by atoms with Gasteiger partial charge in [-0.15, -0.1) is 0 Å². The van der Waals surface area contributed by atoms with Gasteiger partial charge < -0.3 is 14.2 Å². The number of rotatable bonds is 41. The molecule has 0 N–H and O–H groups in total. The first kappa shape index (κ1) is 54.6. The molecule has 0 rings (SSSR count). The van der Waals surface area contributed by atoms with Crippen molar-refractivity contribution in [2.75, 3.05) is 13.2 Å². The highest BCUT2D eigenvalue weighted by molar-refractivity contribution is 5.71. The minimum Gasteiger partial charge on any atom is -0.462 e. The van der Waals surface area contributed by atoms with Crippen LogP contribution < -0.4 is 0 Å². The average Bonchev–Trinajstić information content (AvgIpc) is 3.22. The van der Waals surface area contributed by atoms with E-state index in [9.17, 15) is 14.4 Å². The van der Waals surface area contributed by atoms with Crippen molar-refractivity contribution in [3.05, 3.63) is 85.1 Å². The molecule has 1 unspecified atom stereocenters. The van der Waals surface area contributed by atoms with Gasteiger partial charge in [0.1, 0.15) is 13.2 Å². The van der Waals surface area contributed by atoms with Crippen LogP contribution in [0.1, 0.15) is 207 Å². The molecule has 0 aliphatic rings. The molecule has 0 aromatic carbocycles. The van der Waals surface area contributed by atoms with Gasteiger partial charge in [-0.25, -0.2) is 0 Å². The Balaban J connectivity index is 4.37. The first-order chi connectivity index (χ1) is 28.5. The Morgan fingerprint density at radius 2 is 0.724 bits per heavy atom. The summed E-state index contributed by atoms with van der Waals surface area (Å²) in [6, 6.07) is 0. The summed E-state index contributed by atoms with van der Waals surface area (Å²) in [5.74, 6) is -0.994. The first-order valence-corrected chi connectivity index (χ1v) is 23.6. The molecular formula is C52H86O6. The Morgan fingerprint density at radius 1 is 0.379 bits per heavy atom. The number of carbonyl (C=O) groups excluding carboxylic acids is 3. The lowest BCUT2D eigenvalue weighted by Crippen LogP contribution is -2.30. The molecule has 0 aliphatic heterocycles. The van der Waals surface area contributed by atoms with Gasteiger partial charge in [-0.3, -0.25) is 14.4 Å². The molecule has 6 heteroatoms. The molecule has 0 aliphatic carbocycles. The Labute approximate surface area is 356 Å².